The molecule has 1 fully saturated rings. The first kappa shape index (κ1) is 16.0. The van der Waals surface area contributed by atoms with Crippen LogP contribution in [0.4, 0.5) is 4.39 Å². The molecule has 0 aromatic heterocycles. The van der Waals surface area contributed by atoms with Crippen LogP contribution in [0.5, 0.6) is 0 Å². The Hall–Kier alpha value is -0.410. The number of hydrogen-bond donors (Lipinski definition) is 1. The van der Waals surface area contributed by atoms with Crippen LogP contribution in [0.2, 0.25) is 0 Å². The number of rotatable bonds is 4. The highest BCUT2D eigenvalue weighted by Crippen LogP contribution is 2.33. The molecule has 2 rings (SSSR count). The van der Waals surface area contributed by atoms with Crippen molar-refractivity contribution in [2.75, 3.05) is 0 Å². The minimum Gasteiger partial charge on any atom is -0.310 e. The largest absolute Gasteiger partial charge is 0.310 e. The van der Waals surface area contributed by atoms with Gasteiger partial charge < -0.3 is 5.32 Å². The molecule has 1 nitrogen and oxygen atoms in total. The van der Waals surface area contributed by atoms with E-state index in [2.05, 4.69) is 42.0 Å². The van der Waals surface area contributed by atoms with Gasteiger partial charge in [-0.1, -0.05) is 33.3 Å². The summed E-state index contributed by atoms with van der Waals surface area (Å²) >= 11 is 3.25. The quantitative estimate of drug-likeness (QED) is 0.799. The highest BCUT2D eigenvalue weighted by molar-refractivity contribution is 9.10. The van der Waals surface area contributed by atoms with Gasteiger partial charge in [-0.25, -0.2) is 4.39 Å². The van der Waals surface area contributed by atoms with Gasteiger partial charge in [0.2, 0.25) is 0 Å². The summed E-state index contributed by atoms with van der Waals surface area (Å²) in [5, 5.41) is 3.70. The van der Waals surface area contributed by atoms with Crippen molar-refractivity contribution in [2.45, 2.75) is 52.6 Å². The standard InChI is InChI=1S/C17H25BrFN/c1-11(2)14-6-4-12(3)8-17(14)20-10-13-5-7-16(19)15(18)9-13/h5,7,9,11-12,14,17,20H,4,6,8,10H2,1-3H3. The Morgan fingerprint density at radius 3 is 2.75 bits per heavy atom. The van der Waals surface area contributed by atoms with Crippen LogP contribution in [0.3, 0.4) is 0 Å². The molecule has 1 saturated carbocycles. The molecule has 0 bridgehead atoms. The van der Waals surface area contributed by atoms with E-state index in [0.717, 1.165) is 29.9 Å². The summed E-state index contributed by atoms with van der Waals surface area (Å²) in [6.07, 6.45) is 3.93. The topological polar surface area (TPSA) is 12.0 Å². The lowest BCUT2D eigenvalue weighted by Crippen LogP contribution is -2.42. The molecule has 0 radical (unpaired) electrons. The Labute approximate surface area is 130 Å². The summed E-state index contributed by atoms with van der Waals surface area (Å²) in [5.41, 5.74) is 1.14. The summed E-state index contributed by atoms with van der Waals surface area (Å²) in [6, 6.07) is 5.86. The van der Waals surface area contributed by atoms with Gasteiger partial charge in [0.25, 0.3) is 0 Å². The van der Waals surface area contributed by atoms with Gasteiger partial charge >= 0.3 is 0 Å². The lowest BCUT2D eigenvalue weighted by molar-refractivity contribution is 0.169. The van der Waals surface area contributed by atoms with Crippen LogP contribution in [0.1, 0.15) is 45.6 Å². The van der Waals surface area contributed by atoms with Gasteiger partial charge in [0, 0.05) is 12.6 Å². The fourth-order valence-electron chi connectivity index (χ4n) is 3.34. The predicted octanol–water partition coefficient (Wildman–Crippen LogP) is 5.14. The van der Waals surface area contributed by atoms with Gasteiger partial charge in [0.1, 0.15) is 5.82 Å². The van der Waals surface area contributed by atoms with Crippen molar-refractivity contribution < 1.29 is 4.39 Å². The maximum Gasteiger partial charge on any atom is 0.137 e. The molecular formula is C17H25BrFN. The monoisotopic (exact) mass is 341 g/mol. The van der Waals surface area contributed by atoms with Crippen LogP contribution in [-0.2, 0) is 6.54 Å². The zero-order valence-corrected chi connectivity index (χ0v) is 14.2. The van der Waals surface area contributed by atoms with E-state index in [0.29, 0.717) is 10.5 Å². The van der Waals surface area contributed by atoms with E-state index in [9.17, 15) is 4.39 Å². The summed E-state index contributed by atoms with van der Waals surface area (Å²) in [7, 11) is 0. The zero-order chi connectivity index (χ0) is 14.7. The van der Waals surface area contributed by atoms with Crippen LogP contribution in [0.15, 0.2) is 22.7 Å². The van der Waals surface area contributed by atoms with Crippen LogP contribution < -0.4 is 5.32 Å². The molecule has 3 heteroatoms. The Morgan fingerprint density at radius 2 is 2.10 bits per heavy atom. The molecule has 1 aromatic rings. The van der Waals surface area contributed by atoms with E-state index in [-0.39, 0.29) is 5.82 Å². The van der Waals surface area contributed by atoms with Crippen LogP contribution in [0.25, 0.3) is 0 Å². The van der Waals surface area contributed by atoms with Crippen molar-refractivity contribution in [2.24, 2.45) is 17.8 Å². The van der Waals surface area contributed by atoms with Gasteiger partial charge in [0.05, 0.1) is 4.47 Å². The second kappa shape index (κ2) is 7.04. The lowest BCUT2D eigenvalue weighted by atomic mass is 9.74. The fraction of sp³-hybridized carbons (Fsp3) is 0.647. The summed E-state index contributed by atoms with van der Waals surface area (Å²) in [5.74, 6) is 2.09. The van der Waals surface area contributed by atoms with Crippen LogP contribution >= 0.6 is 15.9 Å². The second-order valence-electron chi connectivity index (χ2n) is 6.56. The maximum atomic E-state index is 13.2. The molecule has 1 aromatic carbocycles. The highest BCUT2D eigenvalue weighted by Gasteiger charge is 2.30. The maximum absolute atomic E-state index is 13.2. The molecule has 3 unspecified atom stereocenters. The first-order valence-corrected chi connectivity index (χ1v) is 8.44. The van der Waals surface area contributed by atoms with Crippen LogP contribution in [0, 0.1) is 23.6 Å². The van der Waals surface area contributed by atoms with Crippen molar-refractivity contribution in [3.63, 3.8) is 0 Å². The van der Waals surface area contributed by atoms with Crippen molar-refractivity contribution in [3.05, 3.63) is 34.1 Å². The third-order valence-corrected chi connectivity index (χ3v) is 5.18. The summed E-state index contributed by atoms with van der Waals surface area (Å²) < 4.78 is 13.8. The summed E-state index contributed by atoms with van der Waals surface area (Å²) in [4.78, 5) is 0. The van der Waals surface area contributed by atoms with Crippen molar-refractivity contribution in [1.82, 2.24) is 5.32 Å². The summed E-state index contributed by atoms with van der Waals surface area (Å²) in [6.45, 7) is 7.81. The normalized spacial score (nSPS) is 27.0. The van der Waals surface area contributed by atoms with Gasteiger partial charge in [0.15, 0.2) is 0 Å². The van der Waals surface area contributed by atoms with E-state index in [4.69, 9.17) is 0 Å². The average Bonchev–Trinajstić information content (AvgIpc) is 2.40. The van der Waals surface area contributed by atoms with E-state index in [1.54, 1.807) is 0 Å². The molecular weight excluding hydrogens is 317 g/mol. The Kier molecular flexibility index (Phi) is 5.62. The average molecular weight is 342 g/mol. The van der Waals surface area contributed by atoms with E-state index < -0.39 is 0 Å². The molecule has 0 amide bonds. The van der Waals surface area contributed by atoms with Crippen molar-refractivity contribution >= 4 is 15.9 Å². The van der Waals surface area contributed by atoms with E-state index in [1.807, 2.05) is 12.1 Å². The SMILES string of the molecule is CC1CCC(C(C)C)C(NCc2ccc(F)c(Br)c2)C1. The molecule has 0 saturated heterocycles. The molecule has 1 aliphatic rings. The lowest BCUT2D eigenvalue weighted by Gasteiger charge is -2.38. The fourth-order valence-corrected chi connectivity index (χ4v) is 3.76. The highest BCUT2D eigenvalue weighted by atomic mass is 79.9. The van der Waals surface area contributed by atoms with Gasteiger partial charge in [-0.3, -0.25) is 0 Å². The van der Waals surface area contributed by atoms with Crippen molar-refractivity contribution in [3.8, 4) is 0 Å². The van der Waals surface area contributed by atoms with E-state index in [1.165, 1.54) is 25.3 Å². The minimum absolute atomic E-state index is 0.194. The molecule has 0 heterocycles. The Bertz CT molecular complexity index is 447. The smallest absolute Gasteiger partial charge is 0.137 e. The molecule has 3 atom stereocenters. The van der Waals surface area contributed by atoms with Gasteiger partial charge in [-0.15, -0.1) is 0 Å². The number of halogens is 2. The molecule has 1 aliphatic carbocycles. The van der Waals surface area contributed by atoms with Crippen molar-refractivity contribution in [1.29, 1.82) is 0 Å². The first-order valence-electron chi connectivity index (χ1n) is 7.64. The predicted molar refractivity (Wildman–Crippen MR) is 86.1 cm³/mol. The molecule has 20 heavy (non-hydrogen) atoms. The third-order valence-electron chi connectivity index (χ3n) is 4.57. The molecule has 112 valence electrons. The molecule has 1 N–H and O–H groups in total. The first-order chi connectivity index (χ1) is 9.47. The Morgan fingerprint density at radius 1 is 1.35 bits per heavy atom. The number of hydrogen-bond acceptors (Lipinski definition) is 1. The zero-order valence-electron chi connectivity index (χ0n) is 12.6. The van der Waals surface area contributed by atoms with Gasteiger partial charge in [-0.2, -0.15) is 0 Å². The molecule has 0 aliphatic heterocycles. The van der Waals surface area contributed by atoms with Crippen LogP contribution in [-0.4, -0.2) is 6.04 Å². The third kappa shape index (κ3) is 4.05. The second-order valence-corrected chi connectivity index (χ2v) is 7.42. The van der Waals surface area contributed by atoms with E-state index >= 15 is 0 Å². The molecule has 0 spiro atoms. The number of benzene rings is 1. The Balaban J connectivity index is 1.98. The minimum atomic E-state index is -0.194. The van der Waals surface area contributed by atoms with Gasteiger partial charge in [-0.05, 0) is 64.2 Å². The number of nitrogens with one attached hydrogen (secondary N) is 1.